The second kappa shape index (κ2) is 6.93. The lowest BCUT2D eigenvalue weighted by Gasteiger charge is -2.41. The van der Waals surface area contributed by atoms with Crippen molar-refractivity contribution >= 4 is 0 Å². The van der Waals surface area contributed by atoms with Crippen LogP contribution in [0.5, 0.6) is 0 Å². The van der Waals surface area contributed by atoms with Crippen molar-refractivity contribution in [3.8, 4) is 0 Å². The maximum atomic E-state index is 6.60. The summed E-state index contributed by atoms with van der Waals surface area (Å²) >= 11 is 0. The zero-order chi connectivity index (χ0) is 15.3. The number of ether oxygens (including phenoxy) is 1. The molecule has 1 aliphatic carbocycles. The number of hydrogen-bond acceptors (Lipinski definition) is 2. The topological polar surface area (TPSA) is 21.3 Å². The lowest BCUT2D eigenvalue weighted by atomic mass is 9.83. The molecule has 2 heteroatoms. The standard InChI is InChI=1S/C19H31NO/c1-16(17-11-7-5-8-12-17)21-19(13-9-6-10-14-19)15-20-18(2,3)4/h5,7-8,11-12,16,20H,6,9-10,13-15H2,1-4H3. The van der Waals surface area contributed by atoms with Crippen LogP contribution in [0, 0.1) is 0 Å². The number of hydrogen-bond donors (Lipinski definition) is 1. The average molecular weight is 289 g/mol. The van der Waals surface area contributed by atoms with Crippen LogP contribution in [0.1, 0.15) is 71.5 Å². The van der Waals surface area contributed by atoms with Gasteiger partial charge < -0.3 is 10.1 Å². The first kappa shape index (κ1) is 16.5. The Hall–Kier alpha value is -0.860. The quantitative estimate of drug-likeness (QED) is 0.836. The summed E-state index contributed by atoms with van der Waals surface area (Å²) in [6.45, 7) is 9.81. The molecule has 1 saturated carbocycles. The molecule has 0 radical (unpaired) electrons. The lowest BCUT2D eigenvalue weighted by molar-refractivity contribution is -0.110. The predicted molar refractivity (Wildman–Crippen MR) is 89.5 cm³/mol. The van der Waals surface area contributed by atoms with E-state index in [1.54, 1.807) is 0 Å². The summed E-state index contributed by atoms with van der Waals surface area (Å²) in [5, 5.41) is 3.66. The average Bonchev–Trinajstić information content (AvgIpc) is 2.46. The van der Waals surface area contributed by atoms with Gasteiger partial charge in [-0.2, -0.15) is 0 Å². The molecule has 1 aliphatic rings. The third kappa shape index (κ3) is 5.12. The molecule has 2 nitrogen and oxygen atoms in total. The summed E-state index contributed by atoms with van der Waals surface area (Å²) in [6, 6.07) is 10.6. The Morgan fingerprint density at radius 2 is 1.71 bits per heavy atom. The van der Waals surface area contributed by atoms with Crippen LogP contribution < -0.4 is 5.32 Å². The van der Waals surface area contributed by atoms with Crippen molar-refractivity contribution in [1.29, 1.82) is 0 Å². The van der Waals surface area contributed by atoms with Gasteiger partial charge in [-0.15, -0.1) is 0 Å². The highest BCUT2D eigenvalue weighted by Crippen LogP contribution is 2.36. The fourth-order valence-corrected chi connectivity index (χ4v) is 3.13. The molecule has 2 rings (SSSR count). The molecule has 0 amide bonds. The van der Waals surface area contributed by atoms with Gasteiger partial charge in [0.15, 0.2) is 0 Å². The molecule has 1 aromatic rings. The molecule has 1 aromatic carbocycles. The lowest BCUT2D eigenvalue weighted by Crippen LogP contribution is -2.50. The van der Waals surface area contributed by atoms with E-state index in [2.05, 4.69) is 63.3 Å². The Balaban J connectivity index is 2.05. The number of rotatable bonds is 5. The molecule has 0 bridgehead atoms. The first-order valence-electron chi connectivity index (χ1n) is 8.38. The van der Waals surface area contributed by atoms with Crippen LogP contribution in [0.3, 0.4) is 0 Å². The van der Waals surface area contributed by atoms with Gasteiger partial charge in [0.05, 0.1) is 11.7 Å². The van der Waals surface area contributed by atoms with Gasteiger partial charge in [-0.1, -0.05) is 49.6 Å². The van der Waals surface area contributed by atoms with Crippen LogP contribution in [0.15, 0.2) is 30.3 Å². The first-order chi connectivity index (χ1) is 9.90. The summed E-state index contributed by atoms with van der Waals surface area (Å²) in [5.41, 5.74) is 1.42. The predicted octanol–water partition coefficient (Wildman–Crippen LogP) is 4.86. The van der Waals surface area contributed by atoms with Gasteiger partial charge in [0.1, 0.15) is 0 Å². The van der Waals surface area contributed by atoms with Gasteiger partial charge in [0.2, 0.25) is 0 Å². The first-order valence-corrected chi connectivity index (χ1v) is 8.38. The van der Waals surface area contributed by atoms with Gasteiger partial charge in [0.25, 0.3) is 0 Å². The Morgan fingerprint density at radius 3 is 2.29 bits per heavy atom. The van der Waals surface area contributed by atoms with E-state index in [1.807, 2.05) is 0 Å². The van der Waals surface area contributed by atoms with Crippen LogP contribution in [0.4, 0.5) is 0 Å². The molecule has 0 heterocycles. The summed E-state index contributed by atoms with van der Waals surface area (Å²) in [5.74, 6) is 0. The highest BCUT2D eigenvalue weighted by atomic mass is 16.5. The van der Waals surface area contributed by atoms with Crippen molar-refractivity contribution in [2.75, 3.05) is 6.54 Å². The molecule has 0 spiro atoms. The minimum atomic E-state index is 0.000782. The highest BCUT2D eigenvalue weighted by molar-refractivity contribution is 5.17. The molecular formula is C19H31NO. The zero-order valence-electron chi connectivity index (χ0n) is 14.1. The zero-order valence-corrected chi connectivity index (χ0v) is 14.1. The fourth-order valence-electron chi connectivity index (χ4n) is 3.13. The van der Waals surface area contributed by atoms with Gasteiger partial charge >= 0.3 is 0 Å². The molecule has 0 aromatic heterocycles. The molecular weight excluding hydrogens is 258 g/mol. The van der Waals surface area contributed by atoms with E-state index in [0.717, 1.165) is 6.54 Å². The third-order valence-corrected chi connectivity index (χ3v) is 4.40. The largest absolute Gasteiger partial charge is 0.366 e. The highest BCUT2D eigenvalue weighted by Gasteiger charge is 2.35. The summed E-state index contributed by atoms with van der Waals surface area (Å²) in [7, 11) is 0. The van der Waals surface area contributed by atoms with Crippen LogP contribution in [0.25, 0.3) is 0 Å². The van der Waals surface area contributed by atoms with Crippen molar-refractivity contribution in [3.05, 3.63) is 35.9 Å². The normalized spacial score (nSPS) is 20.2. The maximum Gasteiger partial charge on any atom is 0.0814 e. The van der Waals surface area contributed by atoms with E-state index in [-0.39, 0.29) is 17.2 Å². The van der Waals surface area contributed by atoms with E-state index in [9.17, 15) is 0 Å². The molecule has 21 heavy (non-hydrogen) atoms. The smallest absolute Gasteiger partial charge is 0.0814 e. The molecule has 118 valence electrons. The summed E-state index contributed by atoms with van der Waals surface area (Å²) < 4.78 is 6.60. The van der Waals surface area contributed by atoms with Crippen LogP contribution in [-0.2, 0) is 4.74 Å². The van der Waals surface area contributed by atoms with E-state index in [4.69, 9.17) is 4.74 Å². The Kier molecular flexibility index (Phi) is 5.45. The van der Waals surface area contributed by atoms with Gasteiger partial charge in [-0.3, -0.25) is 0 Å². The van der Waals surface area contributed by atoms with Crippen LogP contribution in [0.2, 0.25) is 0 Å². The van der Waals surface area contributed by atoms with Crippen molar-refractivity contribution in [2.24, 2.45) is 0 Å². The Bertz CT molecular complexity index is 415. The number of benzene rings is 1. The van der Waals surface area contributed by atoms with Crippen molar-refractivity contribution in [2.45, 2.75) is 77.0 Å². The minimum absolute atomic E-state index is 0.000782. The van der Waals surface area contributed by atoms with E-state index < -0.39 is 0 Å². The second-order valence-electron chi connectivity index (χ2n) is 7.52. The van der Waals surface area contributed by atoms with E-state index in [1.165, 1.54) is 37.7 Å². The van der Waals surface area contributed by atoms with Crippen molar-refractivity contribution in [1.82, 2.24) is 5.32 Å². The molecule has 1 N–H and O–H groups in total. The van der Waals surface area contributed by atoms with E-state index >= 15 is 0 Å². The summed E-state index contributed by atoms with van der Waals surface area (Å²) in [6.07, 6.45) is 6.42. The molecule has 0 saturated heterocycles. The van der Waals surface area contributed by atoms with Gasteiger partial charge in [-0.05, 0) is 46.1 Å². The fraction of sp³-hybridized carbons (Fsp3) is 0.684. The Labute approximate surface area is 130 Å². The second-order valence-corrected chi connectivity index (χ2v) is 7.52. The van der Waals surface area contributed by atoms with E-state index in [0.29, 0.717) is 0 Å². The molecule has 1 atom stereocenters. The molecule has 1 fully saturated rings. The van der Waals surface area contributed by atoms with Crippen molar-refractivity contribution in [3.63, 3.8) is 0 Å². The maximum absolute atomic E-state index is 6.60. The SMILES string of the molecule is CC(OC1(CNC(C)(C)C)CCCCC1)c1ccccc1. The monoisotopic (exact) mass is 289 g/mol. The molecule has 1 unspecified atom stereocenters. The van der Waals surface area contributed by atoms with Crippen LogP contribution in [-0.4, -0.2) is 17.7 Å². The number of nitrogens with one attached hydrogen (secondary N) is 1. The Morgan fingerprint density at radius 1 is 1.10 bits per heavy atom. The van der Waals surface area contributed by atoms with Crippen molar-refractivity contribution < 1.29 is 4.74 Å². The minimum Gasteiger partial charge on any atom is -0.366 e. The van der Waals surface area contributed by atoms with Crippen LogP contribution >= 0.6 is 0 Å². The summed E-state index contributed by atoms with van der Waals surface area (Å²) in [4.78, 5) is 0. The third-order valence-electron chi connectivity index (χ3n) is 4.40. The molecule has 0 aliphatic heterocycles. The van der Waals surface area contributed by atoms with Gasteiger partial charge in [0, 0.05) is 12.1 Å². The van der Waals surface area contributed by atoms with Gasteiger partial charge in [-0.25, -0.2) is 0 Å².